The molecule has 1 heterocycles. The third kappa shape index (κ3) is 3.07. The van der Waals surface area contributed by atoms with Gasteiger partial charge < -0.3 is 9.64 Å². The van der Waals surface area contributed by atoms with E-state index in [1.54, 1.807) is 0 Å². The summed E-state index contributed by atoms with van der Waals surface area (Å²) in [4.78, 5) is 6.60. The highest BCUT2D eigenvalue weighted by Crippen LogP contribution is 2.18. The lowest BCUT2D eigenvalue weighted by Crippen LogP contribution is -2.60. The molecular formula is C10H22N4O. The topological polar surface area (TPSA) is 62.9 Å². The maximum Gasteiger partial charge on any atom is 0.209 e. The standard InChI is InChI=1S/C10H22N4O/c1-4-5-12-9(13-11)14-6-7-15-8-10(14,2)3/h4-8,11H2,1-3H3,(H,12,13). The van der Waals surface area contributed by atoms with E-state index in [9.17, 15) is 0 Å². The lowest BCUT2D eigenvalue weighted by molar-refractivity contribution is -0.0167. The molecule has 3 N–H and O–H groups in total. The number of hydrogen-bond donors (Lipinski definition) is 2. The number of morpholine rings is 1. The normalized spacial score (nSPS) is 21.6. The van der Waals surface area contributed by atoms with Gasteiger partial charge in [0, 0.05) is 13.1 Å². The summed E-state index contributed by atoms with van der Waals surface area (Å²) < 4.78 is 5.45. The van der Waals surface area contributed by atoms with Gasteiger partial charge in [0.1, 0.15) is 0 Å². The molecule has 0 saturated carbocycles. The Hall–Kier alpha value is -0.810. The highest BCUT2D eigenvalue weighted by atomic mass is 16.5. The third-order valence-corrected chi connectivity index (χ3v) is 2.52. The Morgan fingerprint density at radius 3 is 2.87 bits per heavy atom. The molecule has 1 saturated heterocycles. The summed E-state index contributed by atoms with van der Waals surface area (Å²) in [5.41, 5.74) is 2.64. The monoisotopic (exact) mass is 214 g/mol. The van der Waals surface area contributed by atoms with Crippen LogP contribution in [0, 0.1) is 0 Å². The lowest BCUT2D eigenvalue weighted by atomic mass is 10.0. The first-order valence-corrected chi connectivity index (χ1v) is 5.48. The predicted molar refractivity (Wildman–Crippen MR) is 61.5 cm³/mol. The number of nitrogens with zero attached hydrogens (tertiary/aromatic N) is 2. The molecular weight excluding hydrogens is 192 g/mol. The second-order valence-corrected chi connectivity index (χ2v) is 4.37. The van der Waals surface area contributed by atoms with Crippen molar-refractivity contribution in [3.05, 3.63) is 0 Å². The van der Waals surface area contributed by atoms with Crippen molar-refractivity contribution in [3.8, 4) is 0 Å². The molecule has 15 heavy (non-hydrogen) atoms. The summed E-state index contributed by atoms with van der Waals surface area (Å²) >= 11 is 0. The number of hydrogen-bond acceptors (Lipinski definition) is 3. The van der Waals surface area contributed by atoms with Gasteiger partial charge >= 0.3 is 0 Å². The molecule has 5 heteroatoms. The van der Waals surface area contributed by atoms with Crippen LogP contribution < -0.4 is 11.3 Å². The molecule has 0 amide bonds. The van der Waals surface area contributed by atoms with Gasteiger partial charge in [0.25, 0.3) is 0 Å². The van der Waals surface area contributed by atoms with Crippen molar-refractivity contribution < 1.29 is 4.74 Å². The Balaban J connectivity index is 2.73. The van der Waals surface area contributed by atoms with Crippen LogP contribution in [-0.2, 0) is 4.74 Å². The highest BCUT2D eigenvalue weighted by Gasteiger charge is 2.32. The zero-order valence-electron chi connectivity index (χ0n) is 9.92. The fraction of sp³-hybridized carbons (Fsp3) is 0.900. The Morgan fingerprint density at radius 2 is 2.33 bits per heavy atom. The second-order valence-electron chi connectivity index (χ2n) is 4.37. The molecule has 1 fully saturated rings. The molecule has 0 aromatic heterocycles. The average molecular weight is 214 g/mol. The van der Waals surface area contributed by atoms with Gasteiger partial charge in [0.15, 0.2) is 0 Å². The second kappa shape index (κ2) is 5.32. The van der Waals surface area contributed by atoms with Gasteiger partial charge in [0.2, 0.25) is 5.96 Å². The molecule has 1 rings (SSSR count). The van der Waals surface area contributed by atoms with Crippen LogP contribution in [0.5, 0.6) is 0 Å². The van der Waals surface area contributed by atoms with Crippen molar-refractivity contribution in [3.63, 3.8) is 0 Å². The summed E-state index contributed by atoms with van der Waals surface area (Å²) in [5, 5.41) is 0. The van der Waals surface area contributed by atoms with E-state index in [2.05, 4.69) is 36.1 Å². The van der Waals surface area contributed by atoms with Crippen LogP contribution in [0.3, 0.4) is 0 Å². The minimum Gasteiger partial charge on any atom is -0.377 e. The maximum absolute atomic E-state index is 5.50. The van der Waals surface area contributed by atoms with Crippen LogP contribution in [-0.4, -0.2) is 42.7 Å². The molecule has 1 aliphatic heterocycles. The summed E-state index contributed by atoms with van der Waals surface area (Å²) in [7, 11) is 0. The van der Waals surface area contributed by atoms with Gasteiger partial charge in [-0.25, -0.2) is 5.84 Å². The molecule has 1 aliphatic rings. The largest absolute Gasteiger partial charge is 0.377 e. The number of nitrogens with two attached hydrogens (primary N) is 1. The van der Waals surface area contributed by atoms with Crippen LogP contribution in [0.4, 0.5) is 0 Å². The van der Waals surface area contributed by atoms with Gasteiger partial charge in [0.05, 0.1) is 18.8 Å². The fourth-order valence-corrected chi connectivity index (χ4v) is 1.68. The predicted octanol–water partition coefficient (Wildman–Crippen LogP) is 0.327. The van der Waals surface area contributed by atoms with E-state index in [-0.39, 0.29) is 5.54 Å². The molecule has 88 valence electrons. The minimum absolute atomic E-state index is 0.0444. The highest BCUT2D eigenvalue weighted by molar-refractivity contribution is 5.80. The van der Waals surface area contributed by atoms with Crippen LogP contribution in [0.1, 0.15) is 27.2 Å². The van der Waals surface area contributed by atoms with Crippen LogP contribution in [0.25, 0.3) is 0 Å². The number of ether oxygens (including phenoxy) is 1. The van der Waals surface area contributed by atoms with E-state index in [0.717, 1.165) is 32.1 Å². The molecule has 0 spiro atoms. The molecule has 0 unspecified atom stereocenters. The van der Waals surface area contributed by atoms with Crippen LogP contribution in [0.15, 0.2) is 4.99 Å². The quantitative estimate of drug-likeness (QED) is 0.301. The van der Waals surface area contributed by atoms with Crippen molar-refractivity contribution in [2.45, 2.75) is 32.7 Å². The number of rotatable bonds is 2. The molecule has 0 atom stereocenters. The first-order valence-electron chi connectivity index (χ1n) is 5.48. The van der Waals surface area contributed by atoms with Crippen molar-refractivity contribution in [1.29, 1.82) is 0 Å². The van der Waals surface area contributed by atoms with Gasteiger partial charge in [-0.3, -0.25) is 10.4 Å². The van der Waals surface area contributed by atoms with Crippen molar-refractivity contribution in [1.82, 2.24) is 10.3 Å². The Kier molecular flexibility index (Phi) is 4.35. The number of hydrazine groups is 1. The van der Waals surface area contributed by atoms with E-state index < -0.39 is 0 Å². The molecule has 0 aliphatic carbocycles. The smallest absolute Gasteiger partial charge is 0.209 e. The number of aliphatic imine (C=N–C) groups is 1. The van der Waals surface area contributed by atoms with Crippen LogP contribution >= 0.6 is 0 Å². The van der Waals surface area contributed by atoms with E-state index >= 15 is 0 Å². The van der Waals surface area contributed by atoms with Crippen molar-refractivity contribution in [2.24, 2.45) is 10.8 Å². The first kappa shape index (κ1) is 12.3. The Morgan fingerprint density at radius 1 is 1.60 bits per heavy atom. The van der Waals surface area contributed by atoms with Gasteiger partial charge in [-0.2, -0.15) is 0 Å². The summed E-state index contributed by atoms with van der Waals surface area (Å²) in [5.74, 6) is 6.27. The Labute approximate surface area is 91.6 Å². The zero-order chi connectivity index (χ0) is 11.3. The summed E-state index contributed by atoms with van der Waals surface area (Å²) in [6.07, 6.45) is 1.02. The van der Waals surface area contributed by atoms with Crippen LogP contribution in [0.2, 0.25) is 0 Å². The first-order chi connectivity index (χ1) is 7.11. The average Bonchev–Trinajstić information content (AvgIpc) is 2.20. The molecule has 0 bridgehead atoms. The summed E-state index contributed by atoms with van der Waals surface area (Å²) in [6.45, 7) is 9.43. The number of guanidine groups is 1. The van der Waals surface area contributed by atoms with E-state index in [1.165, 1.54) is 0 Å². The number of nitrogens with one attached hydrogen (secondary N) is 1. The molecule has 0 aromatic rings. The van der Waals surface area contributed by atoms with Crippen molar-refractivity contribution >= 4 is 5.96 Å². The van der Waals surface area contributed by atoms with Gasteiger partial charge in [-0.1, -0.05) is 6.92 Å². The van der Waals surface area contributed by atoms with Gasteiger partial charge in [-0.15, -0.1) is 0 Å². The Bertz CT molecular complexity index is 227. The van der Waals surface area contributed by atoms with E-state index in [1.807, 2.05) is 0 Å². The molecule has 5 nitrogen and oxygen atoms in total. The lowest BCUT2D eigenvalue weighted by Gasteiger charge is -2.43. The van der Waals surface area contributed by atoms with E-state index in [0.29, 0.717) is 6.61 Å². The fourth-order valence-electron chi connectivity index (χ4n) is 1.68. The SMILES string of the molecule is CCCN=C(NN)N1CCOCC1(C)C. The molecule has 0 radical (unpaired) electrons. The zero-order valence-corrected chi connectivity index (χ0v) is 9.92. The maximum atomic E-state index is 5.50. The van der Waals surface area contributed by atoms with Crippen molar-refractivity contribution in [2.75, 3.05) is 26.3 Å². The summed E-state index contributed by atoms with van der Waals surface area (Å²) in [6, 6.07) is 0. The third-order valence-electron chi connectivity index (χ3n) is 2.52. The molecule has 0 aromatic carbocycles. The minimum atomic E-state index is -0.0444. The van der Waals surface area contributed by atoms with E-state index in [4.69, 9.17) is 10.6 Å². The van der Waals surface area contributed by atoms with Gasteiger partial charge in [-0.05, 0) is 20.3 Å².